The molecule has 2 aromatic heterocycles. The minimum Gasteiger partial charge on any atom is -0.459 e. The monoisotopic (exact) mass is 258 g/mol. The number of nitrogens with zero attached hydrogens (tertiary/aromatic N) is 4. The highest BCUT2D eigenvalue weighted by Crippen LogP contribution is 2.39. The van der Waals surface area contributed by atoms with Gasteiger partial charge in [-0.15, -0.1) is 5.10 Å². The lowest BCUT2D eigenvalue weighted by Gasteiger charge is -2.38. The molecule has 6 nitrogen and oxygen atoms in total. The molecule has 1 saturated carbocycles. The van der Waals surface area contributed by atoms with E-state index in [4.69, 9.17) is 4.42 Å². The molecule has 1 saturated heterocycles. The predicted molar refractivity (Wildman–Crippen MR) is 65.6 cm³/mol. The molecule has 0 bridgehead atoms. The molecule has 0 unspecified atom stereocenters. The van der Waals surface area contributed by atoms with Crippen molar-refractivity contribution >= 4 is 5.91 Å². The van der Waals surface area contributed by atoms with Crippen LogP contribution in [0.5, 0.6) is 0 Å². The lowest BCUT2D eigenvalue weighted by molar-refractivity contribution is 0.0467. The van der Waals surface area contributed by atoms with Crippen molar-refractivity contribution in [1.29, 1.82) is 0 Å². The Bertz CT molecular complexity index is 594. The molecule has 19 heavy (non-hydrogen) atoms. The summed E-state index contributed by atoms with van der Waals surface area (Å²) >= 11 is 0. The van der Waals surface area contributed by atoms with Gasteiger partial charge in [0.25, 0.3) is 5.91 Å². The summed E-state index contributed by atoms with van der Waals surface area (Å²) < 4.78 is 7.00. The Balaban J connectivity index is 1.40. The van der Waals surface area contributed by atoms with Crippen molar-refractivity contribution in [3.8, 4) is 0 Å². The van der Waals surface area contributed by atoms with Crippen molar-refractivity contribution in [2.75, 3.05) is 13.1 Å². The van der Waals surface area contributed by atoms with Crippen LogP contribution >= 0.6 is 0 Å². The zero-order valence-corrected chi connectivity index (χ0v) is 10.4. The van der Waals surface area contributed by atoms with Crippen LogP contribution in [0.2, 0.25) is 0 Å². The Morgan fingerprint density at radius 3 is 2.89 bits per heavy atom. The fourth-order valence-electron chi connectivity index (χ4n) is 2.38. The molecule has 1 aliphatic carbocycles. The first kappa shape index (κ1) is 10.8. The fraction of sp³-hybridized carbons (Fsp3) is 0.462. The van der Waals surface area contributed by atoms with Gasteiger partial charge in [0.05, 0.1) is 18.0 Å². The second-order valence-electron chi connectivity index (χ2n) is 5.24. The summed E-state index contributed by atoms with van der Waals surface area (Å²) in [5, 5.41) is 8.35. The molecular weight excluding hydrogens is 244 g/mol. The average Bonchev–Trinajstić information content (AvgIpc) is 2.90. The number of likely N-dealkylation sites (tertiary alicyclic amines) is 1. The first-order valence-electron chi connectivity index (χ1n) is 6.56. The molecular formula is C13H14N4O2. The second kappa shape index (κ2) is 3.94. The van der Waals surface area contributed by atoms with Crippen LogP contribution in [0, 0.1) is 0 Å². The van der Waals surface area contributed by atoms with Crippen LogP contribution in [0.25, 0.3) is 0 Å². The zero-order chi connectivity index (χ0) is 12.8. The van der Waals surface area contributed by atoms with E-state index in [0.29, 0.717) is 24.8 Å². The Kier molecular flexibility index (Phi) is 2.24. The van der Waals surface area contributed by atoms with E-state index in [0.717, 1.165) is 5.69 Å². The molecule has 0 atom stereocenters. The summed E-state index contributed by atoms with van der Waals surface area (Å²) in [4.78, 5) is 13.7. The molecule has 2 aliphatic rings. The smallest absolute Gasteiger partial charge is 0.289 e. The van der Waals surface area contributed by atoms with Crippen molar-refractivity contribution in [2.24, 2.45) is 0 Å². The highest BCUT2D eigenvalue weighted by atomic mass is 16.3. The van der Waals surface area contributed by atoms with Crippen molar-refractivity contribution in [3.63, 3.8) is 0 Å². The molecule has 1 aliphatic heterocycles. The molecule has 0 spiro atoms. The first-order valence-corrected chi connectivity index (χ1v) is 6.56. The van der Waals surface area contributed by atoms with Gasteiger partial charge < -0.3 is 9.32 Å². The first-order chi connectivity index (χ1) is 9.31. The summed E-state index contributed by atoms with van der Waals surface area (Å²) in [6.07, 6.45) is 6.00. The maximum absolute atomic E-state index is 12.0. The van der Waals surface area contributed by atoms with Gasteiger partial charge in [0.1, 0.15) is 0 Å². The lowest BCUT2D eigenvalue weighted by atomic mass is 10.1. The topological polar surface area (TPSA) is 64.2 Å². The van der Waals surface area contributed by atoms with Crippen LogP contribution < -0.4 is 0 Å². The van der Waals surface area contributed by atoms with Gasteiger partial charge in [-0.25, -0.2) is 4.68 Å². The normalized spacial score (nSPS) is 19.5. The number of amides is 1. The predicted octanol–water partition coefficient (Wildman–Crippen LogP) is 1.45. The van der Waals surface area contributed by atoms with Crippen LogP contribution in [0.15, 0.2) is 29.0 Å². The maximum Gasteiger partial charge on any atom is 0.289 e. The molecule has 0 aromatic carbocycles. The second-order valence-corrected chi connectivity index (χ2v) is 5.24. The van der Waals surface area contributed by atoms with Gasteiger partial charge in [0, 0.05) is 25.2 Å². The van der Waals surface area contributed by atoms with E-state index < -0.39 is 0 Å². The molecule has 6 heteroatoms. The standard InChI is InChI=1S/C13H14N4O2/c18-13(12-2-1-5-19-12)16-6-10(7-16)17-8-11(14-15-17)9-3-4-9/h1-2,5,8-10H,3-4,6-7H2. The van der Waals surface area contributed by atoms with Gasteiger partial charge in [-0.2, -0.15) is 0 Å². The summed E-state index contributed by atoms with van der Waals surface area (Å²) in [6, 6.07) is 3.67. The van der Waals surface area contributed by atoms with Crippen LogP contribution in [0.4, 0.5) is 0 Å². The number of rotatable bonds is 3. The van der Waals surface area contributed by atoms with Crippen molar-refractivity contribution in [2.45, 2.75) is 24.8 Å². The third-order valence-electron chi connectivity index (χ3n) is 3.78. The number of furan rings is 1. The van der Waals surface area contributed by atoms with Gasteiger partial charge >= 0.3 is 0 Å². The van der Waals surface area contributed by atoms with E-state index in [1.54, 1.807) is 17.0 Å². The average molecular weight is 258 g/mol. The summed E-state index contributed by atoms with van der Waals surface area (Å²) in [5.41, 5.74) is 1.09. The van der Waals surface area contributed by atoms with Gasteiger partial charge in [-0.05, 0) is 25.0 Å². The SMILES string of the molecule is O=C(c1ccco1)N1CC(n2cc(C3CC3)nn2)C1. The summed E-state index contributed by atoms with van der Waals surface area (Å²) in [5.74, 6) is 0.967. The van der Waals surface area contributed by atoms with E-state index in [1.807, 2.05) is 10.9 Å². The number of hydrogen-bond acceptors (Lipinski definition) is 4. The largest absolute Gasteiger partial charge is 0.459 e. The van der Waals surface area contributed by atoms with Gasteiger partial charge in [0.15, 0.2) is 5.76 Å². The third-order valence-corrected chi connectivity index (χ3v) is 3.78. The fourth-order valence-corrected chi connectivity index (χ4v) is 2.38. The zero-order valence-electron chi connectivity index (χ0n) is 10.4. The van der Waals surface area contributed by atoms with Crippen LogP contribution in [-0.2, 0) is 0 Å². The molecule has 1 amide bonds. The minimum atomic E-state index is -0.0521. The Hall–Kier alpha value is -2.11. The third kappa shape index (κ3) is 1.83. The lowest BCUT2D eigenvalue weighted by Crippen LogP contribution is -2.50. The number of hydrogen-bond donors (Lipinski definition) is 0. The number of carbonyl (C=O) groups is 1. The van der Waals surface area contributed by atoms with Gasteiger partial charge in [-0.3, -0.25) is 4.79 Å². The summed E-state index contributed by atoms with van der Waals surface area (Å²) in [6.45, 7) is 1.35. The van der Waals surface area contributed by atoms with Gasteiger partial charge in [0.2, 0.25) is 0 Å². The van der Waals surface area contributed by atoms with Crippen LogP contribution in [-0.4, -0.2) is 38.9 Å². The van der Waals surface area contributed by atoms with E-state index in [9.17, 15) is 4.79 Å². The van der Waals surface area contributed by atoms with Gasteiger partial charge in [-0.1, -0.05) is 5.21 Å². The summed E-state index contributed by atoms with van der Waals surface area (Å²) in [7, 11) is 0. The molecule has 0 radical (unpaired) electrons. The quantitative estimate of drug-likeness (QED) is 0.835. The Labute approximate surface area is 110 Å². The molecule has 4 rings (SSSR count). The molecule has 0 N–H and O–H groups in total. The maximum atomic E-state index is 12.0. The minimum absolute atomic E-state index is 0.0521. The van der Waals surface area contributed by atoms with Crippen molar-refractivity contribution in [3.05, 3.63) is 36.0 Å². The molecule has 2 fully saturated rings. The van der Waals surface area contributed by atoms with E-state index >= 15 is 0 Å². The van der Waals surface area contributed by atoms with E-state index in [1.165, 1.54) is 19.1 Å². The molecule has 3 heterocycles. The Morgan fingerprint density at radius 2 is 2.21 bits per heavy atom. The molecule has 98 valence electrons. The van der Waals surface area contributed by atoms with E-state index in [-0.39, 0.29) is 11.9 Å². The van der Waals surface area contributed by atoms with Crippen LogP contribution in [0.1, 0.15) is 41.1 Å². The number of aromatic nitrogens is 3. The van der Waals surface area contributed by atoms with Crippen molar-refractivity contribution in [1.82, 2.24) is 19.9 Å². The highest BCUT2D eigenvalue weighted by Gasteiger charge is 2.35. The Morgan fingerprint density at radius 1 is 1.37 bits per heavy atom. The highest BCUT2D eigenvalue weighted by molar-refractivity contribution is 5.92. The number of carbonyl (C=O) groups excluding carboxylic acids is 1. The molecule has 2 aromatic rings. The van der Waals surface area contributed by atoms with Crippen LogP contribution in [0.3, 0.4) is 0 Å². The van der Waals surface area contributed by atoms with E-state index in [2.05, 4.69) is 10.3 Å². The van der Waals surface area contributed by atoms with Crippen molar-refractivity contribution < 1.29 is 9.21 Å².